The average molecular weight is 230 g/mol. The molecular formula is C11H22N2OS. The van der Waals surface area contributed by atoms with E-state index >= 15 is 0 Å². The average Bonchev–Trinajstić information content (AvgIpc) is 2.21. The lowest BCUT2D eigenvalue weighted by Gasteiger charge is -2.38. The molecule has 4 heteroatoms. The molecule has 2 N–H and O–H groups in total. The third kappa shape index (κ3) is 3.11. The molecule has 3 atom stereocenters. The van der Waals surface area contributed by atoms with Gasteiger partial charge < -0.3 is 10.6 Å². The van der Waals surface area contributed by atoms with Crippen LogP contribution in [0.5, 0.6) is 0 Å². The first kappa shape index (κ1) is 12.8. The van der Waals surface area contributed by atoms with Crippen LogP contribution in [0.1, 0.15) is 27.2 Å². The van der Waals surface area contributed by atoms with Crippen LogP contribution in [0.15, 0.2) is 0 Å². The molecular weight excluding hydrogens is 208 g/mol. The summed E-state index contributed by atoms with van der Waals surface area (Å²) in [6, 6.07) is 0.358. The summed E-state index contributed by atoms with van der Waals surface area (Å²) in [5.74, 6) is 1.42. The first-order valence-corrected chi connectivity index (χ1v) is 6.75. The number of nitrogens with two attached hydrogens (primary N) is 1. The summed E-state index contributed by atoms with van der Waals surface area (Å²) in [5.41, 5.74) is 5.48. The van der Waals surface area contributed by atoms with Crippen LogP contribution in [-0.4, -0.2) is 40.9 Å². The van der Waals surface area contributed by atoms with E-state index in [1.165, 1.54) is 0 Å². The molecule has 15 heavy (non-hydrogen) atoms. The Morgan fingerprint density at radius 2 is 2.27 bits per heavy atom. The van der Waals surface area contributed by atoms with Crippen molar-refractivity contribution in [1.29, 1.82) is 0 Å². The van der Waals surface area contributed by atoms with Crippen LogP contribution in [0.25, 0.3) is 0 Å². The van der Waals surface area contributed by atoms with E-state index in [0.29, 0.717) is 17.8 Å². The molecule has 0 aromatic carbocycles. The molecule has 0 spiro atoms. The highest BCUT2D eigenvalue weighted by atomic mass is 32.2. The quantitative estimate of drug-likeness (QED) is 0.795. The molecule has 0 aromatic heterocycles. The number of hydrogen-bond donors (Lipinski definition) is 1. The van der Waals surface area contributed by atoms with Crippen LogP contribution in [0.2, 0.25) is 0 Å². The van der Waals surface area contributed by atoms with Crippen LogP contribution >= 0.6 is 11.8 Å². The maximum absolute atomic E-state index is 12.1. The van der Waals surface area contributed by atoms with Crippen LogP contribution in [-0.2, 0) is 4.79 Å². The normalized spacial score (nSPS) is 28.9. The van der Waals surface area contributed by atoms with Crippen molar-refractivity contribution in [3.63, 3.8) is 0 Å². The smallest absolute Gasteiger partial charge is 0.225 e. The van der Waals surface area contributed by atoms with E-state index in [1.54, 1.807) is 0 Å². The molecule has 1 amide bonds. The zero-order valence-electron chi connectivity index (χ0n) is 9.90. The monoisotopic (exact) mass is 230 g/mol. The Balaban J connectivity index is 2.57. The molecule has 88 valence electrons. The van der Waals surface area contributed by atoms with Gasteiger partial charge in [-0.05, 0) is 19.9 Å². The van der Waals surface area contributed by atoms with Crippen LogP contribution in [0.4, 0.5) is 0 Å². The first-order valence-electron chi connectivity index (χ1n) is 5.70. The van der Waals surface area contributed by atoms with Gasteiger partial charge in [0.15, 0.2) is 0 Å². The van der Waals surface area contributed by atoms with E-state index in [-0.39, 0.29) is 11.8 Å². The predicted octanol–water partition coefficient (Wildman–Crippen LogP) is 1.32. The maximum Gasteiger partial charge on any atom is 0.225 e. The first-order chi connectivity index (χ1) is 7.07. The number of hydrogen-bond acceptors (Lipinski definition) is 3. The summed E-state index contributed by atoms with van der Waals surface area (Å²) in [6.07, 6.45) is 0.795. The molecule has 1 heterocycles. The number of rotatable bonds is 3. The van der Waals surface area contributed by atoms with Crippen molar-refractivity contribution in [3.05, 3.63) is 0 Å². The molecule has 0 bridgehead atoms. The summed E-state index contributed by atoms with van der Waals surface area (Å²) in [7, 11) is 0. The second kappa shape index (κ2) is 5.75. The minimum absolute atomic E-state index is 0.0766. The van der Waals surface area contributed by atoms with Crippen molar-refractivity contribution in [1.82, 2.24) is 4.90 Å². The Labute approximate surface area is 96.8 Å². The third-order valence-corrected chi connectivity index (χ3v) is 4.53. The summed E-state index contributed by atoms with van der Waals surface area (Å²) >= 11 is 1.95. The number of amides is 1. The molecule has 3 nitrogen and oxygen atoms in total. The minimum Gasteiger partial charge on any atom is -0.338 e. The number of carbonyl (C=O) groups excluding carboxylic acids is 1. The van der Waals surface area contributed by atoms with Crippen LogP contribution < -0.4 is 5.73 Å². The van der Waals surface area contributed by atoms with E-state index in [4.69, 9.17) is 5.73 Å². The Hall–Kier alpha value is -0.220. The summed E-state index contributed by atoms with van der Waals surface area (Å²) in [4.78, 5) is 14.1. The van der Waals surface area contributed by atoms with Gasteiger partial charge in [0.2, 0.25) is 5.91 Å². The largest absolute Gasteiger partial charge is 0.338 e. The van der Waals surface area contributed by atoms with Gasteiger partial charge >= 0.3 is 0 Å². The fourth-order valence-electron chi connectivity index (χ4n) is 1.90. The topological polar surface area (TPSA) is 46.3 Å². The van der Waals surface area contributed by atoms with E-state index in [9.17, 15) is 4.79 Å². The Morgan fingerprint density at radius 1 is 1.60 bits per heavy atom. The van der Waals surface area contributed by atoms with E-state index in [1.807, 2.05) is 23.6 Å². The van der Waals surface area contributed by atoms with Gasteiger partial charge in [-0.3, -0.25) is 4.79 Å². The summed E-state index contributed by atoms with van der Waals surface area (Å²) in [5, 5.41) is 0.549. The van der Waals surface area contributed by atoms with Crippen molar-refractivity contribution in [2.45, 2.75) is 38.5 Å². The van der Waals surface area contributed by atoms with Crippen molar-refractivity contribution in [2.24, 2.45) is 11.7 Å². The SMILES string of the molecule is CC(CCN)C(=O)N1CCSC(C)C1C. The Morgan fingerprint density at radius 3 is 2.87 bits per heavy atom. The van der Waals surface area contributed by atoms with E-state index in [2.05, 4.69) is 13.8 Å². The van der Waals surface area contributed by atoms with Crippen LogP contribution in [0, 0.1) is 5.92 Å². The molecule has 0 aliphatic carbocycles. The van der Waals surface area contributed by atoms with Gasteiger partial charge in [0.05, 0.1) is 0 Å². The highest BCUT2D eigenvalue weighted by Gasteiger charge is 2.30. The van der Waals surface area contributed by atoms with Gasteiger partial charge in [0.25, 0.3) is 0 Å². The highest BCUT2D eigenvalue weighted by molar-refractivity contribution is 8.00. The fraction of sp³-hybridized carbons (Fsp3) is 0.909. The number of thioether (sulfide) groups is 1. The van der Waals surface area contributed by atoms with Gasteiger partial charge in [-0.2, -0.15) is 11.8 Å². The molecule has 1 aliphatic rings. The molecule has 0 saturated carbocycles. The minimum atomic E-state index is 0.0766. The van der Waals surface area contributed by atoms with Crippen LogP contribution in [0.3, 0.4) is 0 Å². The Bertz CT molecular complexity index is 223. The van der Waals surface area contributed by atoms with Crippen molar-refractivity contribution in [2.75, 3.05) is 18.8 Å². The molecule has 1 rings (SSSR count). The van der Waals surface area contributed by atoms with Crippen molar-refractivity contribution in [3.8, 4) is 0 Å². The highest BCUT2D eigenvalue weighted by Crippen LogP contribution is 2.25. The summed E-state index contributed by atoms with van der Waals surface area (Å²) in [6.45, 7) is 7.81. The lowest BCUT2D eigenvalue weighted by Crippen LogP contribution is -2.49. The summed E-state index contributed by atoms with van der Waals surface area (Å²) < 4.78 is 0. The lowest BCUT2D eigenvalue weighted by molar-refractivity contribution is -0.137. The van der Waals surface area contributed by atoms with Crippen molar-refractivity contribution >= 4 is 17.7 Å². The Kier molecular flexibility index (Phi) is 4.93. The standard InChI is InChI=1S/C11H22N2OS/c1-8(4-5-12)11(14)13-6-7-15-10(3)9(13)2/h8-10H,4-7,12H2,1-3H3. The number of carbonyl (C=O) groups is 1. The van der Waals surface area contributed by atoms with Gasteiger partial charge in [0.1, 0.15) is 0 Å². The van der Waals surface area contributed by atoms with Crippen molar-refractivity contribution < 1.29 is 4.79 Å². The fourth-order valence-corrected chi connectivity index (χ4v) is 3.00. The van der Waals surface area contributed by atoms with Gasteiger partial charge in [-0.15, -0.1) is 0 Å². The molecule has 0 aromatic rings. The van der Waals surface area contributed by atoms with Gasteiger partial charge in [-0.1, -0.05) is 13.8 Å². The van der Waals surface area contributed by atoms with E-state index in [0.717, 1.165) is 18.7 Å². The predicted molar refractivity (Wildman–Crippen MR) is 65.9 cm³/mol. The zero-order chi connectivity index (χ0) is 11.4. The molecule has 1 saturated heterocycles. The third-order valence-electron chi connectivity index (χ3n) is 3.19. The number of nitrogens with zero attached hydrogens (tertiary/aromatic N) is 1. The molecule has 3 unspecified atom stereocenters. The second-order valence-corrected chi connectivity index (χ2v) is 5.81. The van der Waals surface area contributed by atoms with E-state index < -0.39 is 0 Å². The molecule has 1 aliphatic heterocycles. The van der Waals surface area contributed by atoms with Gasteiger partial charge in [-0.25, -0.2) is 0 Å². The lowest BCUT2D eigenvalue weighted by atomic mass is 10.0. The zero-order valence-corrected chi connectivity index (χ0v) is 10.7. The van der Waals surface area contributed by atoms with Gasteiger partial charge in [0, 0.05) is 29.5 Å². The second-order valence-electron chi connectivity index (χ2n) is 4.33. The molecule has 1 fully saturated rings. The molecule has 0 radical (unpaired) electrons. The maximum atomic E-state index is 12.1.